The molecule has 0 atom stereocenters. The van der Waals surface area contributed by atoms with E-state index in [4.69, 9.17) is 10.5 Å². The van der Waals surface area contributed by atoms with Gasteiger partial charge in [-0.2, -0.15) is 0 Å². The number of aryl methyl sites for hydroxylation is 1. The van der Waals surface area contributed by atoms with E-state index in [2.05, 4.69) is 4.98 Å². The number of carbonyl (C=O) groups excluding carboxylic acids is 2. The maximum Gasteiger partial charge on any atom is 0.339 e. The fraction of sp³-hybridized carbons (Fsp3) is 0.357. The van der Waals surface area contributed by atoms with Crippen LogP contribution >= 0.6 is 11.3 Å². The van der Waals surface area contributed by atoms with Crippen molar-refractivity contribution in [3.8, 4) is 5.13 Å². The van der Waals surface area contributed by atoms with Crippen LogP contribution < -0.4 is 5.73 Å². The second-order valence-corrected chi connectivity index (χ2v) is 5.51. The Kier molecular flexibility index (Phi) is 4.74. The third-order valence-corrected chi connectivity index (χ3v) is 3.82. The van der Waals surface area contributed by atoms with E-state index in [0.717, 1.165) is 16.5 Å². The number of nitrogens with two attached hydrogens (primary N) is 1. The Labute approximate surface area is 126 Å². The van der Waals surface area contributed by atoms with E-state index in [0.29, 0.717) is 12.0 Å². The minimum Gasteiger partial charge on any atom is -0.462 e. The van der Waals surface area contributed by atoms with E-state index in [1.165, 1.54) is 11.3 Å². The number of rotatable bonds is 6. The molecule has 0 aromatic carbocycles. The summed E-state index contributed by atoms with van der Waals surface area (Å²) in [7, 11) is 0. The SMILES string of the molecule is Cc1cc(C(=O)OCCCC(N)=O)c(C)n1-c1nccs1. The summed E-state index contributed by atoms with van der Waals surface area (Å²) in [5.74, 6) is -0.789. The monoisotopic (exact) mass is 307 g/mol. The lowest BCUT2D eigenvalue weighted by Crippen LogP contribution is -2.13. The van der Waals surface area contributed by atoms with Gasteiger partial charge in [0.25, 0.3) is 0 Å². The van der Waals surface area contributed by atoms with Crippen molar-refractivity contribution in [3.05, 3.63) is 34.6 Å². The molecule has 2 rings (SSSR count). The van der Waals surface area contributed by atoms with E-state index < -0.39 is 11.9 Å². The van der Waals surface area contributed by atoms with E-state index in [-0.39, 0.29) is 13.0 Å². The molecule has 6 nitrogen and oxygen atoms in total. The Balaban J connectivity index is 2.09. The number of ether oxygens (including phenoxy) is 1. The first-order chi connectivity index (χ1) is 10.0. The van der Waals surface area contributed by atoms with Crippen LogP contribution in [0.4, 0.5) is 0 Å². The normalized spacial score (nSPS) is 10.6. The lowest BCUT2D eigenvalue weighted by atomic mass is 10.2. The predicted octanol–water partition coefficient (Wildman–Crippen LogP) is 1.97. The highest BCUT2D eigenvalue weighted by Crippen LogP contribution is 2.22. The fourth-order valence-electron chi connectivity index (χ4n) is 2.08. The molecule has 21 heavy (non-hydrogen) atoms. The van der Waals surface area contributed by atoms with Crippen LogP contribution in [0.1, 0.15) is 34.6 Å². The van der Waals surface area contributed by atoms with Crippen molar-refractivity contribution in [1.82, 2.24) is 9.55 Å². The highest BCUT2D eigenvalue weighted by Gasteiger charge is 2.18. The van der Waals surface area contributed by atoms with Crippen molar-refractivity contribution >= 4 is 23.2 Å². The average Bonchev–Trinajstić information content (AvgIpc) is 3.02. The van der Waals surface area contributed by atoms with Crippen LogP contribution in [0.2, 0.25) is 0 Å². The smallest absolute Gasteiger partial charge is 0.339 e. The van der Waals surface area contributed by atoms with Gasteiger partial charge in [0, 0.05) is 29.4 Å². The summed E-state index contributed by atoms with van der Waals surface area (Å²) in [5, 5.41) is 2.70. The summed E-state index contributed by atoms with van der Waals surface area (Å²) in [6, 6.07) is 1.78. The van der Waals surface area contributed by atoms with Gasteiger partial charge in [-0.05, 0) is 26.3 Å². The third kappa shape index (κ3) is 3.49. The molecular formula is C14H17N3O3S. The Hall–Kier alpha value is -2.15. The van der Waals surface area contributed by atoms with Crippen LogP contribution in [0.15, 0.2) is 17.6 Å². The number of primary amides is 1. The van der Waals surface area contributed by atoms with Gasteiger partial charge in [0.05, 0.1) is 12.2 Å². The van der Waals surface area contributed by atoms with Crippen LogP contribution in [0, 0.1) is 13.8 Å². The number of thiazole rings is 1. The Morgan fingerprint density at radius 2 is 2.19 bits per heavy atom. The molecule has 2 aromatic rings. The van der Waals surface area contributed by atoms with E-state index in [9.17, 15) is 9.59 Å². The molecule has 0 radical (unpaired) electrons. The summed E-state index contributed by atoms with van der Waals surface area (Å²) in [6.45, 7) is 3.95. The van der Waals surface area contributed by atoms with Crippen molar-refractivity contribution in [2.24, 2.45) is 5.73 Å². The topological polar surface area (TPSA) is 87.2 Å². The zero-order valence-corrected chi connectivity index (χ0v) is 12.8. The van der Waals surface area contributed by atoms with Gasteiger partial charge in [-0.25, -0.2) is 9.78 Å². The summed E-state index contributed by atoms with van der Waals surface area (Å²) in [6.07, 6.45) is 2.37. The summed E-state index contributed by atoms with van der Waals surface area (Å²) in [5.41, 5.74) is 7.27. The van der Waals surface area contributed by atoms with Gasteiger partial charge in [-0.1, -0.05) is 0 Å². The van der Waals surface area contributed by atoms with E-state index >= 15 is 0 Å². The Morgan fingerprint density at radius 3 is 2.81 bits per heavy atom. The number of aromatic nitrogens is 2. The molecule has 0 saturated carbocycles. The molecule has 0 bridgehead atoms. The Morgan fingerprint density at radius 1 is 1.43 bits per heavy atom. The first kappa shape index (κ1) is 15.2. The third-order valence-electron chi connectivity index (χ3n) is 3.06. The van der Waals surface area contributed by atoms with E-state index in [1.54, 1.807) is 12.3 Å². The first-order valence-electron chi connectivity index (χ1n) is 6.55. The predicted molar refractivity (Wildman–Crippen MR) is 79.6 cm³/mol. The van der Waals surface area contributed by atoms with Crippen molar-refractivity contribution < 1.29 is 14.3 Å². The maximum atomic E-state index is 12.1. The number of esters is 1. The number of hydrogen-bond acceptors (Lipinski definition) is 5. The number of hydrogen-bond donors (Lipinski definition) is 1. The summed E-state index contributed by atoms with van der Waals surface area (Å²) in [4.78, 5) is 27.0. The molecule has 0 aliphatic heterocycles. The highest BCUT2D eigenvalue weighted by atomic mass is 32.1. The van der Waals surface area contributed by atoms with Crippen molar-refractivity contribution in [2.75, 3.05) is 6.61 Å². The molecular weight excluding hydrogens is 290 g/mol. The lowest BCUT2D eigenvalue weighted by molar-refractivity contribution is -0.118. The minimum absolute atomic E-state index is 0.183. The molecule has 1 amide bonds. The number of carbonyl (C=O) groups is 2. The molecule has 2 N–H and O–H groups in total. The zero-order chi connectivity index (χ0) is 15.4. The van der Waals surface area contributed by atoms with Gasteiger partial charge in [0.2, 0.25) is 5.91 Å². The van der Waals surface area contributed by atoms with Crippen molar-refractivity contribution in [1.29, 1.82) is 0 Å². The molecule has 2 aromatic heterocycles. The molecule has 0 saturated heterocycles. The number of nitrogens with zero attached hydrogens (tertiary/aromatic N) is 2. The fourth-order valence-corrected chi connectivity index (χ4v) is 2.83. The average molecular weight is 307 g/mol. The second-order valence-electron chi connectivity index (χ2n) is 4.64. The van der Waals surface area contributed by atoms with Gasteiger partial charge in [-0.15, -0.1) is 11.3 Å². The van der Waals surface area contributed by atoms with Gasteiger partial charge in [0.1, 0.15) is 0 Å². The summed E-state index contributed by atoms with van der Waals surface area (Å²) < 4.78 is 7.09. The van der Waals surface area contributed by atoms with Crippen molar-refractivity contribution in [3.63, 3.8) is 0 Å². The molecule has 0 unspecified atom stereocenters. The zero-order valence-electron chi connectivity index (χ0n) is 12.0. The standard InChI is InChI=1S/C14H17N3O3S/c1-9-8-11(13(19)20-6-3-4-12(15)18)10(2)17(9)14-16-5-7-21-14/h5,7-8H,3-4,6H2,1-2H3,(H2,15,18). The molecule has 2 heterocycles. The van der Waals surface area contributed by atoms with Gasteiger partial charge >= 0.3 is 5.97 Å². The largest absolute Gasteiger partial charge is 0.462 e. The van der Waals surface area contributed by atoms with Crippen molar-refractivity contribution in [2.45, 2.75) is 26.7 Å². The summed E-state index contributed by atoms with van der Waals surface area (Å²) >= 11 is 1.50. The van der Waals surface area contributed by atoms with E-state index in [1.807, 2.05) is 23.8 Å². The first-order valence-corrected chi connectivity index (χ1v) is 7.43. The van der Waals surface area contributed by atoms with Gasteiger partial charge in [-0.3, -0.25) is 9.36 Å². The molecule has 0 aliphatic carbocycles. The second kappa shape index (κ2) is 6.53. The van der Waals surface area contributed by atoms with Crippen LogP contribution in [0.5, 0.6) is 0 Å². The molecule has 0 spiro atoms. The number of amides is 1. The van der Waals surface area contributed by atoms with Gasteiger partial charge < -0.3 is 10.5 Å². The minimum atomic E-state index is -0.395. The van der Waals surface area contributed by atoms with Crippen LogP contribution in [-0.4, -0.2) is 28.0 Å². The highest BCUT2D eigenvalue weighted by molar-refractivity contribution is 7.12. The molecule has 0 fully saturated rings. The quantitative estimate of drug-likeness (QED) is 0.653. The van der Waals surface area contributed by atoms with Crippen LogP contribution in [0.3, 0.4) is 0 Å². The van der Waals surface area contributed by atoms with Gasteiger partial charge in [0.15, 0.2) is 5.13 Å². The molecule has 0 aliphatic rings. The van der Waals surface area contributed by atoms with Crippen LogP contribution in [0.25, 0.3) is 5.13 Å². The Bertz CT molecular complexity index is 647. The lowest BCUT2D eigenvalue weighted by Gasteiger charge is -2.06. The molecule has 112 valence electrons. The maximum absolute atomic E-state index is 12.1. The van der Waals surface area contributed by atoms with Crippen LogP contribution in [-0.2, 0) is 9.53 Å². The molecule has 7 heteroatoms.